The van der Waals surface area contributed by atoms with E-state index in [1.165, 1.54) is 0 Å². The summed E-state index contributed by atoms with van der Waals surface area (Å²) < 4.78 is 5.50. The van der Waals surface area contributed by atoms with Crippen LogP contribution in [0, 0.1) is 0 Å². The molecule has 2 unspecified atom stereocenters. The van der Waals surface area contributed by atoms with Gasteiger partial charge >= 0.3 is 6.09 Å². The molecule has 122 valence electrons. The van der Waals surface area contributed by atoms with Crippen molar-refractivity contribution in [2.75, 3.05) is 0 Å². The van der Waals surface area contributed by atoms with Crippen molar-refractivity contribution in [3.8, 4) is 0 Å². The maximum atomic E-state index is 12.4. The van der Waals surface area contributed by atoms with Gasteiger partial charge in [-0.2, -0.15) is 0 Å². The molecule has 0 aromatic heterocycles. The second-order valence-electron chi connectivity index (χ2n) is 7.39. The molecule has 0 spiro atoms. The minimum absolute atomic E-state index is 0.0798. The lowest BCUT2D eigenvalue weighted by atomic mass is 9.78. The van der Waals surface area contributed by atoms with Crippen LogP contribution in [0.25, 0.3) is 0 Å². The molecule has 1 aromatic rings. The minimum Gasteiger partial charge on any atom is -0.444 e. The average Bonchev–Trinajstić information content (AvgIpc) is 2.36. The maximum absolute atomic E-state index is 12.4. The van der Waals surface area contributed by atoms with Crippen LogP contribution in [0.15, 0.2) is 30.3 Å². The van der Waals surface area contributed by atoms with Crippen molar-refractivity contribution in [1.82, 2.24) is 4.90 Å². The normalized spacial score (nSPS) is 29.3. The highest BCUT2D eigenvalue weighted by Crippen LogP contribution is 2.39. The summed E-state index contributed by atoms with van der Waals surface area (Å²) in [5.41, 5.74) is -0.486. The quantitative estimate of drug-likeness (QED) is 0.861. The Bertz CT molecular complexity index is 509. The fourth-order valence-corrected chi connectivity index (χ4v) is 3.35. The van der Waals surface area contributed by atoms with Crippen molar-refractivity contribution in [3.05, 3.63) is 35.9 Å². The number of hydrogen-bond donors (Lipinski definition) is 1. The number of carbonyl (C=O) groups excluding carboxylic acids is 1. The lowest BCUT2D eigenvalue weighted by molar-refractivity contribution is -0.0747. The third-order valence-electron chi connectivity index (χ3n) is 4.13. The zero-order valence-electron chi connectivity index (χ0n) is 14.2. The Labute approximate surface area is 133 Å². The molecule has 1 heterocycles. The molecule has 1 amide bonds. The van der Waals surface area contributed by atoms with Crippen LogP contribution in [0.4, 0.5) is 4.79 Å². The largest absolute Gasteiger partial charge is 0.444 e. The molecule has 1 aliphatic heterocycles. The van der Waals surface area contributed by atoms with Crippen molar-refractivity contribution < 1.29 is 14.6 Å². The predicted octanol–water partition coefficient (Wildman–Crippen LogP) is 3.68. The summed E-state index contributed by atoms with van der Waals surface area (Å²) in [5, 5.41) is 11.0. The topological polar surface area (TPSA) is 49.8 Å². The Morgan fingerprint density at radius 2 is 1.68 bits per heavy atom. The van der Waals surface area contributed by atoms with Crippen LogP contribution in [0.1, 0.15) is 53.0 Å². The maximum Gasteiger partial charge on any atom is 0.410 e. The second-order valence-corrected chi connectivity index (χ2v) is 7.39. The summed E-state index contributed by atoms with van der Waals surface area (Å²) >= 11 is 0. The number of rotatable bonds is 1. The monoisotopic (exact) mass is 305 g/mol. The van der Waals surface area contributed by atoms with Crippen LogP contribution in [-0.4, -0.2) is 33.8 Å². The molecule has 0 aliphatic carbocycles. The molecule has 2 rings (SSSR count). The van der Waals surface area contributed by atoms with Gasteiger partial charge in [0.2, 0.25) is 0 Å². The number of nitrogens with zero attached hydrogens (tertiary/aromatic N) is 1. The summed E-state index contributed by atoms with van der Waals surface area (Å²) in [5.74, 6) is 0. The van der Waals surface area contributed by atoms with E-state index in [1.54, 1.807) is 4.90 Å². The molecule has 0 bridgehead atoms. The number of carbonyl (C=O) groups is 1. The second kappa shape index (κ2) is 5.92. The number of likely N-dealkylation sites (tertiary alicyclic amines) is 1. The van der Waals surface area contributed by atoms with Gasteiger partial charge in [0.05, 0.1) is 5.60 Å². The molecule has 4 heteroatoms. The Morgan fingerprint density at radius 3 is 2.14 bits per heavy atom. The van der Waals surface area contributed by atoms with Gasteiger partial charge in [0.1, 0.15) is 5.60 Å². The van der Waals surface area contributed by atoms with Gasteiger partial charge in [-0.05, 0) is 40.2 Å². The molecule has 22 heavy (non-hydrogen) atoms. The molecule has 0 saturated carbocycles. The first-order chi connectivity index (χ1) is 10.1. The molecule has 0 radical (unpaired) electrons. The predicted molar refractivity (Wildman–Crippen MR) is 86.6 cm³/mol. The standard InChI is InChI=1S/C18H27NO3/c1-13-11-18(21,15-9-7-6-8-10-15)12-14(2)19(13)16(20)22-17(3,4)5/h6-10,13-14,21H,11-12H2,1-5H3. The third-order valence-corrected chi connectivity index (χ3v) is 4.13. The van der Waals surface area contributed by atoms with E-state index in [2.05, 4.69) is 0 Å². The molecular weight excluding hydrogens is 278 g/mol. The van der Waals surface area contributed by atoms with E-state index in [9.17, 15) is 9.90 Å². The lowest BCUT2D eigenvalue weighted by Crippen LogP contribution is -2.55. The highest BCUT2D eigenvalue weighted by molar-refractivity contribution is 5.69. The van der Waals surface area contributed by atoms with Crippen LogP contribution in [-0.2, 0) is 10.3 Å². The number of benzene rings is 1. The molecule has 1 saturated heterocycles. The fourth-order valence-electron chi connectivity index (χ4n) is 3.35. The fraction of sp³-hybridized carbons (Fsp3) is 0.611. The van der Waals surface area contributed by atoms with Crippen LogP contribution in [0.5, 0.6) is 0 Å². The zero-order valence-corrected chi connectivity index (χ0v) is 14.2. The van der Waals surface area contributed by atoms with E-state index in [-0.39, 0.29) is 18.2 Å². The summed E-state index contributed by atoms with van der Waals surface area (Å²) in [4.78, 5) is 14.2. The molecule has 4 nitrogen and oxygen atoms in total. The van der Waals surface area contributed by atoms with Crippen molar-refractivity contribution in [1.29, 1.82) is 0 Å². The first kappa shape index (κ1) is 16.8. The van der Waals surface area contributed by atoms with Gasteiger partial charge in [0.15, 0.2) is 0 Å². The van der Waals surface area contributed by atoms with Crippen LogP contribution < -0.4 is 0 Å². The Morgan fingerprint density at radius 1 is 1.18 bits per heavy atom. The van der Waals surface area contributed by atoms with E-state index >= 15 is 0 Å². The zero-order chi connectivity index (χ0) is 16.5. The summed E-state index contributed by atoms with van der Waals surface area (Å²) in [7, 11) is 0. The average molecular weight is 305 g/mol. The molecule has 1 N–H and O–H groups in total. The van der Waals surface area contributed by atoms with Crippen molar-refractivity contribution in [2.24, 2.45) is 0 Å². The molecular formula is C18H27NO3. The Balaban J connectivity index is 2.17. The van der Waals surface area contributed by atoms with Gasteiger partial charge in [-0.3, -0.25) is 0 Å². The van der Waals surface area contributed by atoms with E-state index in [0.29, 0.717) is 12.8 Å². The van der Waals surface area contributed by atoms with Gasteiger partial charge < -0.3 is 14.7 Å². The number of aliphatic hydroxyl groups is 1. The molecule has 1 fully saturated rings. The minimum atomic E-state index is -0.890. The molecule has 1 aliphatic rings. The number of hydrogen-bond acceptors (Lipinski definition) is 3. The molecule has 1 aromatic carbocycles. The SMILES string of the molecule is CC1CC(O)(c2ccccc2)CC(C)N1C(=O)OC(C)(C)C. The first-order valence-corrected chi connectivity index (χ1v) is 7.91. The van der Waals surface area contributed by atoms with Crippen molar-refractivity contribution in [3.63, 3.8) is 0 Å². The van der Waals surface area contributed by atoms with E-state index in [0.717, 1.165) is 5.56 Å². The number of ether oxygens (including phenoxy) is 1. The number of piperidine rings is 1. The summed E-state index contributed by atoms with van der Waals surface area (Å²) in [6.07, 6.45) is 0.726. The van der Waals surface area contributed by atoms with Gasteiger partial charge in [-0.1, -0.05) is 30.3 Å². The van der Waals surface area contributed by atoms with Crippen molar-refractivity contribution in [2.45, 2.75) is 70.7 Å². The van der Waals surface area contributed by atoms with Crippen LogP contribution >= 0.6 is 0 Å². The smallest absolute Gasteiger partial charge is 0.410 e. The lowest BCUT2D eigenvalue weighted by Gasteiger charge is -2.47. The van der Waals surface area contributed by atoms with Gasteiger partial charge in [-0.15, -0.1) is 0 Å². The van der Waals surface area contributed by atoms with E-state index in [1.807, 2.05) is 65.0 Å². The molecule has 2 atom stereocenters. The van der Waals surface area contributed by atoms with Gasteiger partial charge in [-0.25, -0.2) is 4.79 Å². The van der Waals surface area contributed by atoms with Crippen LogP contribution in [0.2, 0.25) is 0 Å². The van der Waals surface area contributed by atoms with Gasteiger partial charge in [0.25, 0.3) is 0 Å². The first-order valence-electron chi connectivity index (χ1n) is 7.91. The highest BCUT2D eigenvalue weighted by Gasteiger charge is 2.44. The van der Waals surface area contributed by atoms with Crippen molar-refractivity contribution >= 4 is 6.09 Å². The summed E-state index contributed by atoms with van der Waals surface area (Å²) in [6.45, 7) is 9.53. The van der Waals surface area contributed by atoms with Crippen LogP contribution in [0.3, 0.4) is 0 Å². The van der Waals surface area contributed by atoms with E-state index < -0.39 is 11.2 Å². The summed E-state index contributed by atoms with van der Waals surface area (Å²) in [6, 6.07) is 9.54. The van der Waals surface area contributed by atoms with Gasteiger partial charge in [0, 0.05) is 24.9 Å². The number of amides is 1. The Hall–Kier alpha value is -1.55. The highest BCUT2D eigenvalue weighted by atomic mass is 16.6. The van der Waals surface area contributed by atoms with E-state index in [4.69, 9.17) is 4.74 Å². The Kier molecular flexibility index (Phi) is 4.52. The third kappa shape index (κ3) is 3.61.